The summed E-state index contributed by atoms with van der Waals surface area (Å²) in [5, 5.41) is 4.43. The molecule has 4 rings (SSSR count). The molecule has 0 bridgehead atoms. The predicted octanol–water partition coefficient (Wildman–Crippen LogP) is 3.98. The minimum atomic E-state index is -0.552. The quantitative estimate of drug-likeness (QED) is 0.498. The van der Waals surface area contributed by atoms with E-state index in [1.165, 1.54) is 14.0 Å². The maximum Gasteiger partial charge on any atom is 0.411 e. The first kappa shape index (κ1) is 19.3. The van der Waals surface area contributed by atoms with Crippen molar-refractivity contribution in [1.29, 1.82) is 0 Å². The molecule has 30 heavy (non-hydrogen) atoms. The van der Waals surface area contributed by atoms with Crippen molar-refractivity contribution in [2.75, 3.05) is 18.2 Å². The van der Waals surface area contributed by atoms with Gasteiger partial charge >= 0.3 is 12.1 Å². The van der Waals surface area contributed by atoms with Gasteiger partial charge in [-0.05, 0) is 29.1 Å². The average molecular weight is 404 g/mol. The topological polar surface area (TPSA) is 108 Å². The Balaban J connectivity index is 1.86. The number of aromatic nitrogens is 2. The van der Waals surface area contributed by atoms with E-state index in [2.05, 4.69) is 10.1 Å². The van der Waals surface area contributed by atoms with Gasteiger partial charge in [-0.3, -0.25) is 14.5 Å². The fourth-order valence-electron chi connectivity index (χ4n) is 3.34. The molecule has 1 amide bonds. The summed E-state index contributed by atoms with van der Waals surface area (Å²) in [4.78, 5) is 27.6. The van der Waals surface area contributed by atoms with Crippen molar-refractivity contribution in [3.63, 3.8) is 0 Å². The first-order valence-corrected chi connectivity index (χ1v) is 9.25. The smallest absolute Gasteiger partial charge is 0.411 e. The maximum absolute atomic E-state index is 11.6. The molecule has 0 spiro atoms. The van der Waals surface area contributed by atoms with Gasteiger partial charge in [0.1, 0.15) is 23.8 Å². The summed E-state index contributed by atoms with van der Waals surface area (Å²) in [5.41, 5.74) is 9.85. The van der Waals surface area contributed by atoms with E-state index in [-0.39, 0.29) is 12.6 Å². The van der Waals surface area contributed by atoms with E-state index in [0.29, 0.717) is 22.8 Å². The van der Waals surface area contributed by atoms with Crippen molar-refractivity contribution in [2.24, 2.45) is 0 Å². The number of hydrogen-bond acceptors (Lipinski definition) is 6. The predicted molar refractivity (Wildman–Crippen MR) is 114 cm³/mol. The van der Waals surface area contributed by atoms with E-state index in [1.807, 2.05) is 48.7 Å². The van der Waals surface area contributed by atoms with Crippen molar-refractivity contribution in [3.8, 4) is 11.3 Å². The molecule has 0 fully saturated rings. The number of pyridine rings is 1. The molecule has 4 aromatic rings. The van der Waals surface area contributed by atoms with Gasteiger partial charge in [0.05, 0.1) is 7.11 Å². The average Bonchev–Trinajstić information content (AvgIpc) is 3.09. The second kappa shape index (κ2) is 7.75. The molecule has 0 aliphatic heterocycles. The number of esters is 1. The van der Waals surface area contributed by atoms with Gasteiger partial charge in [-0.2, -0.15) is 0 Å². The summed E-state index contributed by atoms with van der Waals surface area (Å²) in [6.45, 7) is 1.50. The first-order chi connectivity index (χ1) is 14.5. The van der Waals surface area contributed by atoms with E-state index >= 15 is 0 Å². The third-order valence-corrected chi connectivity index (χ3v) is 4.78. The number of ether oxygens (including phenoxy) is 2. The summed E-state index contributed by atoms with van der Waals surface area (Å²) >= 11 is 0. The summed E-state index contributed by atoms with van der Waals surface area (Å²) in [5.74, 6) is 0.109. The van der Waals surface area contributed by atoms with Crippen LogP contribution in [0.5, 0.6) is 0 Å². The van der Waals surface area contributed by atoms with Crippen LogP contribution in [0.25, 0.3) is 27.7 Å². The monoisotopic (exact) mass is 404 g/mol. The lowest BCUT2D eigenvalue weighted by Gasteiger charge is -2.08. The van der Waals surface area contributed by atoms with Crippen LogP contribution >= 0.6 is 0 Å². The highest BCUT2D eigenvalue weighted by Crippen LogP contribution is 2.33. The van der Waals surface area contributed by atoms with Gasteiger partial charge in [0.15, 0.2) is 0 Å². The van der Waals surface area contributed by atoms with Gasteiger partial charge < -0.3 is 15.2 Å². The Labute approximate surface area is 172 Å². The fraction of sp³-hybridized carbons (Fsp3) is 0.136. The number of nitrogens with zero attached hydrogens (tertiary/aromatic N) is 2. The van der Waals surface area contributed by atoms with Gasteiger partial charge in [0.2, 0.25) is 0 Å². The number of nitrogens with two attached hydrogens (primary N) is 1. The lowest BCUT2D eigenvalue weighted by atomic mass is 10.1. The zero-order chi connectivity index (χ0) is 21.3. The Kier molecular flexibility index (Phi) is 4.97. The molecule has 0 unspecified atom stereocenters. The molecular weight excluding hydrogens is 384 g/mol. The van der Waals surface area contributed by atoms with E-state index in [1.54, 1.807) is 10.5 Å². The first-order valence-electron chi connectivity index (χ1n) is 9.25. The number of hydrogen-bond donors (Lipinski definition) is 2. The number of rotatable bonds is 4. The minimum Gasteiger partial charge on any atom is -0.461 e. The lowest BCUT2D eigenvalue weighted by molar-refractivity contribution is -0.142. The highest BCUT2D eigenvalue weighted by Gasteiger charge is 2.17. The number of amides is 1. The number of methoxy groups -OCH3 is 1. The van der Waals surface area contributed by atoms with Crippen LogP contribution in [0.1, 0.15) is 12.5 Å². The molecule has 2 heterocycles. The Morgan fingerprint density at radius 2 is 1.97 bits per heavy atom. The van der Waals surface area contributed by atoms with Crippen molar-refractivity contribution in [3.05, 3.63) is 60.3 Å². The number of fused-ring (bicyclic) bond motifs is 3. The van der Waals surface area contributed by atoms with E-state index in [4.69, 9.17) is 15.5 Å². The number of benzene rings is 2. The van der Waals surface area contributed by atoms with Gasteiger partial charge in [-0.15, -0.1) is 0 Å². The van der Waals surface area contributed by atoms with E-state index < -0.39 is 6.09 Å². The Morgan fingerprint density at radius 3 is 2.73 bits per heavy atom. The minimum absolute atomic E-state index is 0.132. The Bertz CT molecular complexity index is 1280. The molecule has 0 aliphatic carbocycles. The molecule has 8 nitrogen and oxygen atoms in total. The zero-order valence-electron chi connectivity index (χ0n) is 16.5. The SMILES string of the molecule is COC(=O)Nc1ccc2ccn3c(N)c(-c4ccccc4COC(C)=O)nc3c2c1. The van der Waals surface area contributed by atoms with Crippen molar-refractivity contribution in [1.82, 2.24) is 9.38 Å². The van der Waals surface area contributed by atoms with Crippen LogP contribution in [0.3, 0.4) is 0 Å². The molecule has 0 saturated heterocycles. The van der Waals surface area contributed by atoms with Crippen LogP contribution in [0.4, 0.5) is 16.3 Å². The van der Waals surface area contributed by atoms with Crippen LogP contribution in [-0.2, 0) is 20.9 Å². The molecule has 8 heteroatoms. The standard InChI is InChI=1S/C22H20N4O4/c1-13(27)30-12-15-5-3-4-6-17(15)19-20(23)26-10-9-14-7-8-16(24-22(28)29-2)11-18(14)21(26)25-19/h3-11H,12,23H2,1-2H3,(H,24,28). The van der Waals surface area contributed by atoms with Gasteiger partial charge in [0, 0.05) is 29.8 Å². The van der Waals surface area contributed by atoms with Gasteiger partial charge in [-0.25, -0.2) is 9.78 Å². The van der Waals surface area contributed by atoms with Crippen LogP contribution in [0, 0.1) is 0 Å². The summed E-state index contributed by atoms with van der Waals surface area (Å²) in [7, 11) is 1.31. The van der Waals surface area contributed by atoms with E-state index in [9.17, 15) is 9.59 Å². The summed E-state index contributed by atoms with van der Waals surface area (Å²) in [6.07, 6.45) is 1.30. The van der Waals surface area contributed by atoms with Crippen molar-refractivity contribution in [2.45, 2.75) is 13.5 Å². The Morgan fingerprint density at radius 1 is 1.17 bits per heavy atom. The molecule has 0 radical (unpaired) electrons. The van der Waals surface area contributed by atoms with Crippen LogP contribution in [0.15, 0.2) is 54.7 Å². The summed E-state index contributed by atoms with van der Waals surface area (Å²) < 4.78 is 11.6. The van der Waals surface area contributed by atoms with Crippen molar-refractivity contribution < 1.29 is 19.1 Å². The maximum atomic E-state index is 11.6. The third kappa shape index (κ3) is 3.50. The lowest BCUT2D eigenvalue weighted by Crippen LogP contribution is -2.10. The second-order valence-electron chi connectivity index (χ2n) is 6.71. The molecule has 0 aliphatic rings. The van der Waals surface area contributed by atoms with Gasteiger partial charge in [-0.1, -0.05) is 30.3 Å². The highest BCUT2D eigenvalue weighted by atomic mass is 16.5. The zero-order valence-corrected chi connectivity index (χ0v) is 16.5. The Hall–Kier alpha value is -4.07. The fourth-order valence-corrected chi connectivity index (χ4v) is 3.34. The van der Waals surface area contributed by atoms with Gasteiger partial charge in [0.25, 0.3) is 0 Å². The molecule has 3 N–H and O–H groups in total. The third-order valence-electron chi connectivity index (χ3n) is 4.78. The second-order valence-corrected chi connectivity index (χ2v) is 6.71. The summed E-state index contributed by atoms with van der Waals surface area (Å²) in [6, 6.07) is 14.9. The largest absolute Gasteiger partial charge is 0.461 e. The molecule has 0 saturated carbocycles. The van der Waals surface area contributed by atoms with E-state index in [0.717, 1.165) is 21.9 Å². The molecule has 152 valence electrons. The number of nitrogen functional groups attached to an aromatic ring is 1. The highest BCUT2D eigenvalue weighted by molar-refractivity contribution is 6.00. The number of nitrogens with one attached hydrogen (secondary N) is 1. The number of carbonyl (C=O) groups is 2. The number of imidazole rings is 1. The van der Waals surface area contributed by atoms with Crippen molar-refractivity contribution >= 4 is 40.0 Å². The van der Waals surface area contributed by atoms with Crippen LogP contribution in [-0.4, -0.2) is 28.6 Å². The number of anilines is 2. The molecular formula is C22H20N4O4. The molecule has 0 atom stereocenters. The number of carbonyl (C=O) groups excluding carboxylic acids is 2. The van der Waals surface area contributed by atoms with Crippen LogP contribution in [0.2, 0.25) is 0 Å². The molecule has 2 aromatic carbocycles. The van der Waals surface area contributed by atoms with Crippen LogP contribution < -0.4 is 11.1 Å². The molecule has 2 aromatic heterocycles. The normalized spacial score (nSPS) is 10.9.